The highest BCUT2D eigenvalue weighted by molar-refractivity contribution is 5.12. The van der Waals surface area contributed by atoms with Gasteiger partial charge in [-0.25, -0.2) is 0 Å². The molecule has 19 heavy (non-hydrogen) atoms. The van der Waals surface area contributed by atoms with Crippen LogP contribution in [-0.2, 0) is 0 Å². The van der Waals surface area contributed by atoms with Crippen LogP contribution >= 0.6 is 0 Å². The summed E-state index contributed by atoms with van der Waals surface area (Å²) in [5, 5.41) is 0. The van der Waals surface area contributed by atoms with E-state index in [4.69, 9.17) is 0 Å². The average molecular weight is 264 g/mol. The molecule has 0 aromatic carbocycles. The topological polar surface area (TPSA) is 6.48 Å². The predicted octanol–water partition coefficient (Wildman–Crippen LogP) is 3.73. The van der Waals surface area contributed by atoms with Crippen LogP contribution in [-0.4, -0.2) is 49.6 Å². The van der Waals surface area contributed by atoms with E-state index >= 15 is 0 Å². The molecule has 0 aliphatic rings. The van der Waals surface area contributed by atoms with Gasteiger partial charge in [0, 0.05) is 12.6 Å². The molecular formula is C17H32N2. The number of hydrogen-bond donors (Lipinski definition) is 0. The SMILES string of the molecule is C=C/C(C)=C\CC(C)N(C)CCCN(C)CC(=C)C. The molecule has 0 amide bonds. The molecule has 0 N–H and O–H groups in total. The number of allylic oxidation sites excluding steroid dienone is 2. The maximum Gasteiger partial charge on any atom is 0.0184 e. The molecule has 0 heterocycles. The maximum absolute atomic E-state index is 3.95. The Kier molecular flexibility index (Phi) is 9.54. The van der Waals surface area contributed by atoms with E-state index in [9.17, 15) is 0 Å². The third-order valence-corrected chi connectivity index (χ3v) is 3.45. The van der Waals surface area contributed by atoms with Gasteiger partial charge in [0.05, 0.1) is 0 Å². The Morgan fingerprint density at radius 2 is 1.84 bits per heavy atom. The molecule has 110 valence electrons. The van der Waals surface area contributed by atoms with Crippen molar-refractivity contribution >= 4 is 0 Å². The summed E-state index contributed by atoms with van der Waals surface area (Å²) < 4.78 is 0. The third-order valence-electron chi connectivity index (χ3n) is 3.45. The smallest absolute Gasteiger partial charge is 0.0184 e. The van der Waals surface area contributed by atoms with Crippen LogP contribution < -0.4 is 0 Å². The monoisotopic (exact) mass is 264 g/mol. The normalized spacial score (nSPS) is 13.9. The van der Waals surface area contributed by atoms with E-state index in [-0.39, 0.29) is 0 Å². The minimum absolute atomic E-state index is 0.585. The quantitative estimate of drug-likeness (QED) is 0.438. The Morgan fingerprint density at radius 3 is 2.37 bits per heavy atom. The summed E-state index contributed by atoms with van der Waals surface area (Å²) in [6.45, 7) is 17.5. The van der Waals surface area contributed by atoms with Gasteiger partial charge in [-0.05, 0) is 60.8 Å². The second kappa shape index (κ2) is 9.99. The van der Waals surface area contributed by atoms with Crippen molar-refractivity contribution in [3.8, 4) is 0 Å². The van der Waals surface area contributed by atoms with Crippen LogP contribution in [0.25, 0.3) is 0 Å². The first kappa shape index (κ1) is 18.1. The molecule has 0 radical (unpaired) electrons. The lowest BCUT2D eigenvalue weighted by atomic mass is 10.1. The maximum atomic E-state index is 3.95. The van der Waals surface area contributed by atoms with Gasteiger partial charge in [-0.1, -0.05) is 36.5 Å². The van der Waals surface area contributed by atoms with Gasteiger partial charge in [0.2, 0.25) is 0 Å². The molecule has 2 nitrogen and oxygen atoms in total. The summed E-state index contributed by atoms with van der Waals surface area (Å²) in [5.74, 6) is 0. The molecule has 0 bridgehead atoms. The molecule has 0 aliphatic heterocycles. The van der Waals surface area contributed by atoms with Gasteiger partial charge in [-0.3, -0.25) is 0 Å². The van der Waals surface area contributed by atoms with E-state index in [1.165, 1.54) is 17.6 Å². The number of likely N-dealkylation sites (N-methyl/N-ethyl adjacent to an activating group) is 1. The van der Waals surface area contributed by atoms with Crippen molar-refractivity contribution in [2.75, 3.05) is 33.7 Å². The van der Waals surface area contributed by atoms with Crippen LogP contribution in [0.5, 0.6) is 0 Å². The largest absolute Gasteiger partial charge is 0.303 e. The second-order valence-electron chi connectivity index (χ2n) is 5.77. The summed E-state index contributed by atoms with van der Waals surface area (Å²) in [4.78, 5) is 4.77. The lowest BCUT2D eigenvalue weighted by molar-refractivity contribution is 0.238. The molecule has 1 atom stereocenters. The van der Waals surface area contributed by atoms with Gasteiger partial charge >= 0.3 is 0 Å². The first-order valence-corrected chi connectivity index (χ1v) is 7.19. The van der Waals surface area contributed by atoms with Crippen LogP contribution in [0.3, 0.4) is 0 Å². The number of hydrogen-bond acceptors (Lipinski definition) is 2. The zero-order valence-corrected chi connectivity index (χ0v) is 13.6. The zero-order chi connectivity index (χ0) is 14.8. The fraction of sp³-hybridized carbons (Fsp3) is 0.647. The van der Waals surface area contributed by atoms with E-state index in [1.807, 2.05) is 6.08 Å². The second-order valence-corrected chi connectivity index (χ2v) is 5.77. The van der Waals surface area contributed by atoms with E-state index < -0.39 is 0 Å². The first-order chi connectivity index (χ1) is 8.86. The Hall–Kier alpha value is -0.860. The fourth-order valence-corrected chi connectivity index (χ4v) is 1.97. The average Bonchev–Trinajstić information content (AvgIpc) is 2.34. The molecule has 0 saturated carbocycles. The van der Waals surface area contributed by atoms with Crippen LogP contribution in [0.1, 0.15) is 33.6 Å². The summed E-state index contributed by atoms with van der Waals surface area (Å²) in [6.07, 6.45) is 6.48. The minimum atomic E-state index is 0.585. The van der Waals surface area contributed by atoms with Crippen LogP contribution in [0, 0.1) is 0 Å². The van der Waals surface area contributed by atoms with Gasteiger partial charge in [0.25, 0.3) is 0 Å². The Bertz CT molecular complexity index is 304. The van der Waals surface area contributed by atoms with Crippen LogP contribution in [0.15, 0.2) is 36.5 Å². The van der Waals surface area contributed by atoms with E-state index in [2.05, 4.69) is 63.9 Å². The highest BCUT2D eigenvalue weighted by Gasteiger charge is 2.07. The summed E-state index contributed by atoms with van der Waals surface area (Å²) >= 11 is 0. The van der Waals surface area contributed by atoms with Gasteiger partial charge < -0.3 is 9.80 Å². The standard InChI is InChI=1S/C17H32N2/c1-8-16(4)10-11-17(5)19(7)13-9-12-18(6)14-15(2)3/h8,10,17H,1-2,9,11-14H2,3-7H3/b16-10-. The molecule has 0 saturated heterocycles. The lowest BCUT2D eigenvalue weighted by Crippen LogP contribution is -2.32. The highest BCUT2D eigenvalue weighted by atomic mass is 15.1. The predicted molar refractivity (Wildman–Crippen MR) is 87.6 cm³/mol. The van der Waals surface area contributed by atoms with Gasteiger partial charge in [-0.15, -0.1) is 0 Å². The highest BCUT2D eigenvalue weighted by Crippen LogP contribution is 2.06. The van der Waals surface area contributed by atoms with Crippen molar-refractivity contribution in [2.45, 2.75) is 39.7 Å². The number of rotatable bonds is 10. The van der Waals surface area contributed by atoms with Crippen molar-refractivity contribution < 1.29 is 0 Å². The van der Waals surface area contributed by atoms with Crippen molar-refractivity contribution in [1.29, 1.82) is 0 Å². The lowest BCUT2D eigenvalue weighted by Gasteiger charge is -2.25. The Labute approximate surface area is 120 Å². The molecule has 0 aromatic heterocycles. The van der Waals surface area contributed by atoms with Crippen molar-refractivity contribution in [2.24, 2.45) is 0 Å². The van der Waals surface area contributed by atoms with Crippen molar-refractivity contribution in [1.82, 2.24) is 9.80 Å². The Morgan fingerprint density at radius 1 is 1.21 bits per heavy atom. The summed E-state index contributed by atoms with van der Waals surface area (Å²) in [7, 11) is 4.37. The van der Waals surface area contributed by atoms with Crippen LogP contribution in [0.4, 0.5) is 0 Å². The molecule has 0 aliphatic carbocycles. The fourth-order valence-electron chi connectivity index (χ4n) is 1.97. The summed E-state index contributed by atoms with van der Waals surface area (Å²) in [5.41, 5.74) is 2.50. The number of nitrogens with zero attached hydrogens (tertiary/aromatic N) is 2. The Balaban J connectivity index is 3.87. The molecule has 0 aromatic rings. The molecular weight excluding hydrogens is 232 g/mol. The zero-order valence-electron chi connectivity index (χ0n) is 13.6. The summed E-state index contributed by atoms with van der Waals surface area (Å²) in [6, 6.07) is 0.585. The van der Waals surface area contributed by atoms with Gasteiger partial charge in [0.15, 0.2) is 0 Å². The van der Waals surface area contributed by atoms with Gasteiger partial charge in [-0.2, -0.15) is 0 Å². The molecule has 1 unspecified atom stereocenters. The van der Waals surface area contributed by atoms with E-state index in [0.717, 1.165) is 26.1 Å². The van der Waals surface area contributed by atoms with Gasteiger partial charge in [0.1, 0.15) is 0 Å². The third kappa shape index (κ3) is 9.69. The van der Waals surface area contributed by atoms with Crippen LogP contribution in [0.2, 0.25) is 0 Å². The van der Waals surface area contributed by atoms with E-state index in [0.29, 0.717) is 6.04 Å². The minimum Gasteiger partial charge on any atom is -0.303 e. The molecule has 0 spiro atoms. The first-order valence-electron chi connectivity index (χ1n) is 7.19. The molecule has 2 heteroatoms. The molecule has 0 rings (SSSR count). The van der Waals surface area contributed by atoms with E-state index in [1.54, 1.807) is 0 Å². The van der Waals surface area contributed by atoms with Crippen molar-refractivity contribution in [3.05, 3.63) is 36.5 Å². The van der Waals surface area contributed by atoms with Crippen molar-refractivity contribution in [3.63, 3.8) is 0 Å². The molecule has 0 fully saturated rings.